The van der Waals surface area contributed by atoms with Crippen LogP contribution in [0.1, 0.15) is 6.92 Å². The molecule has 0 aliphatic carbocycles. The molecule has 0 rings (SSSR count). The summed E-state index contributed by atoms with van der Waals surface area (Å²) in [4.78, 5) is 0. The first-order chi connectivity index (χ1) is 6.41. The predicted molar refractivity (Wildman–Crippen MR) is 55.7 cm³/mol. The molecule has 0 aliphatic rings. The summed E-state index contributed by atoms with van der Waals surface area (Å²) >= 11 is 0. The average molecular weight is 172 g/mol. The molecule has 1 heteroatoms. The lowest BCUT2D eigenvalue weighted by Crippen LogP contribution is -1.67. The van der Waals surface area contributed by atoms with Gasteiger partial charge in [-0.15, -0.1) is 0 Å². The highest BCUT2D eigenvalue weighted by atomic mass is 16.2. The second-order valence-corrected chi connectivity index (χ2v) is 2.01. The van der Waals surface area contributed by atoms with Crippen molar-refractivity contribution in [2.24, 2.45) is 0 Å². The summed E-state index contributed by atoms with van der Waals surface area (Å²) in [5, 5.41) is 8.38. The summed E-state index contributed by atoms with van der Waals surface area (Å²) in [5.74, 6) is 10.8. The molecule has 13 heavy (non-hydrogen) atoms. The van der Waals surface area contributed by atoms with Gasteiger partial charge in [0.15, 0.2) is 0 Å². The minimum atomic E-state index is 0.0544. The van der Waals surface area contributed by atoms with E-state index in [1.54, 1.807) is 30.4 Å². The van der Waals surface area contributed by atoms with Gasteiger partial charge in [0.1, 0.15) is 0 Å². The van der Waals surface area contributed by atoms with Crippen molar-refractivity contribution in [3.8, 4) is 23.7 Å². The Morgan fingerprint density at radius 3 is 2.38 bits per heavy atom. The Bertz CT molecular complexity index is 311. The van der Waals surface area contributed by atoms with Gasteiger partial charge in [0.25, 0.3) is 0 Å². The molecule has 0 amide bonds. The van der Waals surface area contributed by atoms with Crippen LogP contribution in [0.3, 0.4) is 0 Å². The molecule has 66 valence electrons. The Morgan fingerprint density at radius 2 is 1.77 bits per heavy atom. The van der Waals surface area contributed by atoms with E-state index in [0.717, 1.165) is 0 Å². The third-order valence-corrected chi connectivity index (χ3v) is 0.989. The van der Waals surface area contributed by atoms with Crippen LogP contribution < -0.4 is 0 Å². The zero-order chi connectivity index (χ0) is 9.78. The summed E-state index contributed by atoms with van der Waals surface area (Å²) < 4.78 is 0. The van der Waals surface area contributed by atoms with Crippen molar-refractivity contribution in [3.63, 3.8) is 0 Å². The number of rotatable bonds is 2. The van der Waals surface area contributed by atoms with Crippen LogP contribution in [0.15, 0.2) is 36.5 Å². The predicted octanol–water partition coefficient (Wildman–Crippen LogP) is 1.67. The minimum Gasteiger partial charge on any atom is -0.392 e. The third kappa shape index (κ3) is 10.3. The van der Waals surface area contributed by atoms with Gasteiger partial charge in [-0.25, -0.2) is 0 Å². The summed E-state index contributed by atoms with van der Waals surface area (Å²) in [5.41, 5.74) is 0. The minimum absolute atomic E-state index is 0.0544. The molecule has 0 aromatic carbocycles. The average Bonchev–Trinajstić information content (AvgIpc) is 2.16. The van der Waals surface area contributed by atoms with E-state index in [1.165, 1.54) is 0 Å². The largest absolute Gasteiger partial charge is 0.392 e. The normalized spacial score (nSPS) is 10.0. The standard InChI is InChI=1S/C12H12O/c1-2-3-4-5-6-7-8-9-10-11-12-13/h2-3,8-11,13H,12H2,1H3/b3-2+,9-8+,11-10+. The number of aliphatic hydroxyl groups is 1. The van der Waals surface area contributed by atoms with E-state index in [1.807, 2.05) is 13.0 Å². The van der Waals surface area contributed by atoms with Crippen LogP contribution in [0, 0.1) is 23.7 Å². The van der Waals surface area contributed by atoms with Gasteiger partial charge < -0.3 is 5.11 Å². The molecule has 0 saturated carbocycles. The van der Waals surface area contributed by atoms with Crippen molar-refractivity contribution >= 4 is 0 Å². The van der Waals surface area contributed by atoms with E-state index in [2.05, 4.69) is 23.7 Å². The van der Waals surface area contributed by atoms with Crippen LogP contribution in [-0.4, -0.2) is 11.7 Å². The molecule has 1 N–H and O–H groups in total. The molecule has 0 saturated heterocycles. The lowest BCUT2D eigenvalue weighted by Gasteiger charge is -1.71. The second kappa shape index (κ2) is 10.3. The maximum Gasteiger partial charge on any atom is 0.0615 e. The fraction of sp³-hybridized carbons (Fsp3) is 0.167. The fourth-order valence-corrected chi connectivity index (χ4v) is 0.482. The topological polar surface area (TPSA) is 20.2 Å². The lowest BCUT2D eigenvalue weighted by molar-refractivity contribution is 0.343. The Hall–Kier alpha value is -1.70. The highest BCUT2D eigenvalue weighted by Crippen LogP contribution is 1.74. The van der Waals surface area contributed by atoms with Crippen LogP contribution in [0.5, 0.6) is 0 Å². The van der Waals surface area contributed by atoms with Gasteiger partial charge >= 0.3 is 0 Å². The second-order valence-electron chi connectivity index (χ2n) is 2.01. The van der Waals surface area contributed by atoms with Gasteiger partial charge in [0.2, 0.25) is 0 Å². The molecule has 0 aromatic heterocycles. The van der Waals surface area contributed by atoms with Crippen LogP contribution in [0.2, 0.25) is 0 Å². The molecule has 0 heterocycles. The Balaban J connectivity index is 3.81. The first kappa shape index (κ1) is 11.3. The summed E-state index contributed by atoms with van der Waals surface area (Å²) in [6.07, 6.45) is 10.4. The van der Waals surface area contributed by atoms with Crippen molar-refractivity contribution in [1.29, 1.82) is 0 Å². The molecule has 0 aliphatic heterocycles. The van der Waals surface area contributed by atoms with E-state index >= 15 is 0 Å². The molecule has 0 spiro atoms. The molecule has 0 radical (unpaired) electrons. The zero-order valence-electron chi connectivity index (χ0n) is 7.62. The van der Waals surface area contributed by atoms with E-state index in [0.29, 0.717) is 0 Å². The molecular weight excluding hydrogens is 160 g/mol. The fourth-order valence-electron chi connectivity index (χ4n) is 0.482. The summed E-state index contributed by atoms with van der Waals surface area (Å²) in [6, 6.07) is 0. The number of allylic oxidation sites excluding steroid dienone is 5. The van der Waals surface area contributed by atoms with Gasteiger partial charge in [-0.3, -0.25) is 0 Å². The molecule has 0 unspecified atom stereocenters. The van der Waals surface area contributed by atoms with Gasteiger partial charge in [-0.1, -0.05) is 36.1 Å². The van der Waals surface area contributed by atoms with Gasteiger partial charge in [-0.05, 0) is 30.9 Å². The first-order valence-corrected chi connectivity index (χ1v) is 3.96. The Morgan fingerprint density at radius 1 is 1.08 bits per heavy atom. The van der Waals surface area contributed by atoms with E-state index in [9.17, 15) is 0 Å². The van der Waals surface area contributed by atoms with Crippen LogP contribution in [0.4, 0.5) is 0 Å². The number of hydrogen-bond donors (Lipinski definition) is 1. The molecule has 1 nitrogen and oxygen atoms in total. The van der Waals surface area contributed by atoms with Gasteiger partial charge in [-0.2, -0.15) is 0 Å². The molecule has 0 fully saturated rings. The maximum absolute atomic E-state index is 8.38. The molecule has 0 bridgehead atoms. The van der Waals surface area contributed by atoms with Gasteiger partial charge in [0, 0.05) is 0 Å². The van der Waals surface area contributed by atoms with E-state index in [-0.39, 0.29) is 6.61 Å². The summed E-state index contributed by atoms with van der Waals surface area (Å²) in [6.45, 7) is 1.96. The lowest BCUT2D eigenvalue weighted by atomic mass is 10.4. The van der Waals surface area contributed by atoms with Crippen molar-refractivity contribution in [3.05, 3.63) is 36.5 Å². The highest BCUT2D eigenvalue weighted by Gasteiger charge is 1.61. The van der Waals surface area contributed by atoms with Crippen molar-refractivity contribution in [2.75, 3.05) is 6.61 Å². The van der Waals surface area contributed by atoms with Crippen LogP contribution >= 0.6 is 0 Å². The number of hydrogen-bond acceptors (Lipinski definition) is 1. The van der Waals surface area contributed by atoms with E-state index in [4.69, 9.17) is 5.11 Å². The summed E-state index contributed by atoms with van der Waals surface area (Å²) in [7, 11) is 0. The molecule has 0 atom stereocenters. The molecular formula is C12H12O. The zero-order valence-corrected chi connectivity index (χ0v) is 7.62. The monoisotopic (exact) mass is 172 g/mol. The van der Waals surface area contributed by atoms with E-state index < -0.39 is 0 Å². The maximum atomic E-state index is 8.38. The Labute approximate surface area is 79.5 Å². The van der Waals surface area contributed by atoms with Crippen molar-refractivity contribution in [2.45, 2.75) is 6.92 Å². The first-order valence-electron chi connectivity index (χ1n) is 3.96. The third-order valence-electron chi connectivity index (χ3n) is 0.989. The quantitative estimate of drug-likeness (QED) is 0.496. The molecule has 0 aromatic rings. The van der Waals surface area contributed by atoms with Gasteiger partial charge in [0.05, 0.1) is 6.61 Å². The van der Waals surface area contributed by atoms with Crippen molar-refractivity contribution < 1.29 is 5.11 Å². The SMILES string of the molecule is C/C=C/C#CC#C/C=C/C=C/CO. The number of aliphatic hydroxyl groups excluding tert-OH is 1. The highest BCUT2D eigenvalue weighted by molar-refractivity contribution is 5.34. The smallest absolute Gasteiger partial charge is 0.0615 e. The van der Waals surface area contributed by atoms with Crippen molar-refractivity contribution in [1.82, 2.24) is 0 Å². The van der Waals surface area contributed by atoms with Crippen LogP contribution in [0.25, 0.3) is 0 Å². The van der Waals surface area contributed by atoms with Crippen LogP contribution in [-0.2, 0) is 0 Å². The Kier molecular flexibility index (Phi) is 8.95.